The molecule has 1 unspecified atom stereocenters. The maximum Gasteiger partial charge on any atom is 0.262 e. The highest BCUT2D eigenvalue weighted by atomic mass is 32.2. The summed E-state index contributed by atoms with van der Waals surface area (Å²) in [6, 6.07) is 21.3. The number of hydrogen-bond donors (Lipinski definition) is 3. The van der Waals surface area contributed by atoms with Crippen molar-refractivity contribution < 1.29 is 23.5 Å². The Morgan fingerprint density at radius 2 is 1.48 bits per heavy atom. The second kappa shape index (κ2) is 8.60. The maximum absolute atomic E-state index is 13.4. The molecule has 0 saturated heterocycles. The number of rotatable bonds is 5. The predicted molar refractivity (Wildman–Crippen MR) is 114 cm³/mol. The summed E-state index contributed by atoms with van der Waals surface area (Å²) < 4.78 is 27.9. The van der Waals surface area contributed by atoms with Gasteiger partial charge >= 0.3 is 0 Å². The summed E-state index contributed by atoms with van der Waals surface area (Å²) in [6.07, 6.45) is -0.722. The molecule has 4 rings (SSSR count). The largest absolute Gasteiger partial charge is 0.384 e. The summed E-state index contributed by atoms with van der Waals surface area (Å²) >= 11 is 0. The molecular weight excluding hydrogens is 416 g/mol. The van der Waals surface area contributed by atoms with Crippen molar-refractivity contribution in [1.82, 2.24) is 9.79 Å². The lowest BCUT2D eigenvalue weighted by atomic mass is 9.95. The van der Waals surface area contributed by atoms with Crippen molar-refractivity contribution in [3.05, 3.63) is 101 Å². The second-order valence-electron chi connectivity index (χ2n) is 7.40. The molecule has 0 radical (unpaired) electrons. The molecule has 8 heteroatoms. The number of aliphatic hydroxyl groups is 1. The van der Waals surface area contributed by atoms with Crippen LogP contribution in [0.25, 0.3) is 0 Å². The number of sulfonamides is 1. The first-order valence-electron chi connectivity index (χ1n) is 9.77. The third-order valence-electron chi connectivity index (χ3n) is 5.54. The summed E-state index contributed by atoms with van der Waals surface area (Å²) in [5.41, 5.74) is 4.51. The first kappa shape index (κ1) is 21.2. The van der Waals surface area contributed by atoms with Crippen LogP contribution >= 0.6 is 0 Å². The molecule has 3 N–H and O–H groups in total. The number of fused-ring (bicyclic) bond motifs is 1. The molecule has 3 aromatic carbocycles. The second-order valence-corrected chi connectivity index (χ2v) is 9.29. The number of nitrogens with zero attached hydrogens (tertiary/aromatic N) is 1. The van der Waals surface area contributed by atoms with Crippen LogP contribution < -0.4 is 5.48 Å². The highest BCUT2D eigenvalue weighted by Crippen LogP contribution is 2.30. The minimum absolute atomic E-state index is 0.00614. The Hall–Kier alpha value is -3.04. The van der Waals surface area contributed by atoms with Crippen LogP contribution in [0.2, 0.25) is 0 Å². The summed E-state index contributed by atoms with van der Waals surface area (Å²) in [6.45, 7) is 0.0188. The quantitative estimate of drug-likeness (QED) is 0.419. The Balaban J connectivity index is 1.66. The Labute approximate surface area is 180 Å². The molecule has 3 aromatic rings. The summed E-state index contributed by atoms with van der Waals surface area (Å²) in [5, 5.41) is 19.7. The molecule has 1 aliphatic rings. The van der Waals surface area contributed by atoms with Crippen molar-refractivity contribution in [2.24, 2.45) is 0 Å². The number of aliphatic hydroxyl groups excluding tert-OH is 1. The number of hydroxylamine groups is 1. The SMILES string of the molecule is O=C(NO)[C@H]1Cc2ccccc2CN1S(=O)(=O)c1ccc(C(O)c2ccccc2)cc1. The highest BCUT2D eigenvalue weighted by molar-refractivity contribution is 7.89. The molecule has 0 bridgehead atoms. The van der Waals surface area contributed by atoms with Gasteiger partial charge in [0.1, 0.15) is 12.1 Å². The van der Waals surface area contributed by atoms with Gasteiger partial charge in [-0.2, -0.15) is 4.31 Å². The van der Waals surface area contributed by atoms with Gasteiger partial charge in [0.2, 0.25) is 10.0 Å². The van der Waals surface area contributed by atoms with Crippen molar-refractivity contribution >= 4 is 15.9 Å². The minimum atomic E-state index is -4.04. The van der Waals surface area contributed by atoms with Crippen molar-refractivity contribution in [2.45, 2.75) is 30.0 Å². The van der Waals surface area contributed by atoms with Gasteiger partial charge in [0.15, 0.2) is 0 Å². The van der Waals surface area contributed by atoms with Crippen LogP contribution in [0.4, 0.5) is 0 Å². The molecular formula is C23H22N2O5S. The van der Waals surface area contributed by atoms with E-state index in [0.29, 0.717) is 11.1 Å². The lowest BCUT2D eigenvalue weighted by Crippen LogP contribution is -2.51. The van der Waals surface area contributed by atoms with E-state index < -0.39 is 28.1 Å². The summed E-state index contributed by atoms with van der Waals surface area (Å²) in [4.78, 5) is 12.3. The maximum atomic E-state index is 13.4. The van der Waals surface area contributed by atoms with Crippen LogP contribution in [0.15, 0.2) is 83.8 Å². The highest BCUT2D eigenvalue weighted by Gasteiger charge is 2.39. The Morgan fingerprint density at radius 1 is 0.903 bits per heavy atom. The number of amides is 1. The molecule has 1 heterocycles. The molecule has 0 aromatic heterocycles. The van der Waals surface area contributed by atoms with E-state index in [2.05, 4.69) is 0 Å². The van der Waals surface area contributed by atoms with E-state index in [1.807, 2.05) is 42.5 Å². The minimum Gasteiger partial charge on any atom is -0.384 e. The normalized spacial score (nSPS) is 17.5. The van der Waals surface area contributed by atoms with Gasteiger partial charge in [-0.25, -0.2) is 13.9 Å². The molecule has 0 saturated carbocycles. The summed E-state index contributed by atoms with van der Waals surface area (Å²) in [7, 11) is -4.04. The predicted octanol–water partition coefficient (Wildman–Crippen LogP) is 2.39. The van der Waals surface area contributed by atoms with E-state index in [9.17, 15) is 18.3 Å². The van der Waals surface area contributed by atoms with Crippen LogP contribution in [0, 0.1) is 0 Å². The van der Waals surface area contributed by atoms with E-state index in [1.54, 1.807) is 29.7 Å². The molecule has 1 aliphatic heterocycles. The number of hydrogen-bond acceptors (Lipinski definition) is 5. The zero-order valence-corrected chi connectivity index (χ0v) is 17.4. The molecule has 0 aliphatic carbocycles. The number of nitrogens with one attached hydrogen (secondary N) is 1. The monoisotopic (exact) mass is 438 g/mol. The van der Waals surface area contributed by atoms with E-state index >= 15 is 0 Å². The number of carbonyl (C=O) groups excluding carboxylic acids is 1. The van der Waals surface area contributed by atoms with Crippen LogP contribution in [0.1, 0.15) is 28.4 Å². The Kier molecular flexibility index (Phi) is 5.88. The van der Waals surface area contributed by atoms with Crippen molar-refractivity contribution in [2.75, 3.05) is 0 Å². The Bertz CT molecular complexity index is 1180. The van der Waals surface area contributed by atoms with Crippen LogP contribution in [-0.2, 0) is 27.8 Å². The molecule has 160 valence electrons. The van der Waals surface area contributed by atoms with E-state index in [1.165, 1.54) is 12.1 Å². The third kappa shape index (κ3) is 4.11. The standard InChI is InChI=1S/C23H22N2O5S/c26-22(16-6-2-1-3-7-16)17-10-12-20(13-11-17)31(29,30)25-15-19-9-5-4-8-18(19)14-21(25)23(27)24-28/h1-13,21-22,26,28H,14-15H2,(H,24,27)/t21-,22?/m1/s1. The smallest absolute Gasteiger partial charge is 0.262 e. The van der Waals surface area contributed by atoms with Crippen LogP contribution in [0.3, 0.4) is 0 Å². The average Bonchev–Trinajstić information content (AvgIpc) is 2.82. The molecule has 0 spiro atoms. The van der Waals surface area contributed by atoms with E-state index in [4.69, 9.17) is 5.21 Å². The molecule has 0 fully saturated rings. The van der Waals surface area contributed by atoms with Crippen LogP contribution in [0.5, 0.6) is 0 Å². The fourth-order valence-corrected chi connectivity index (χ4v) is 5.40. The fraction of sp³-hybridized carbons (Fsp3) is 0.174. The van der Waals surface area contributed by atoms with E-state index in [-0.39, 0.29) is 17.9 Å². The topological polar surface area (TPSA) is 107 Å². The van der Waals surface area contributed by atoms with Gasteiger partial charge in [-0.1, -0.05) is 66.7 Å². The average molecular weight is 439 g/mol. The van der Waals surface area contributed by atoms with Gasteiger partial charge in [-0.3, -0.25) is 10.0 Å². The summed E-state index contributed by atoms with van der Waals surface area (Å²) in [5.74, 6) is -0.783. The van der Waals surface area contributed by atoms with Gasteiger partial charge < -0.3 is 5.11 Å². The number of benzene rings is 3. The van der Waals surface area contributed by atoms with E-state index in [0.717, 1.165) is 15.4 Å². The Morgan fingerprint density at radius 3 is 2.13 bits per heavy atom. The lowest BCUT2D eigenvalue weighted by molar-refractivity contribution is -0.133. The fourth-order valence-electron chi connectivity index (χ4n) is 3.83. The molecule has 7 nitrogen and oxygen atoms in total. The van der Waals surface area contributed by atoms with Gasteiger partial charge in [0.25, 0.3) is 5.91 Å². The zero-order chi connectivity index (χ0) is 22.0. The van der Waals surface area contributed by atoms with Crippen molar-refractivity contribution in [3.63, 3.8) is 0 Å². The van der Waals surface area contributed by atoms with Gasteiger partial charge in [0.05, 0.1) is 4.90 Å². The molecule has 31 heavy (non-hydrogen) atoms. The number of carbonyl (C=O) groups is 1. The van der Waals surface area contributed by atoms with Crippen molar-refractivity contribution in [1.29, 1.82) is 0 Å². The van der Waals surface area contributed by atoms with Gasteiger partial charge in [-0.05, 0) is 40.8 Å². The zero-order valence-electron chi connectivity index (χ0n) is 16.5. The lowest BCUT2D eigenvalue weighted by Gasteiger charge is -2.34. The van der Waals surface area contributed by atoms with Crippen molar-refractivity contribution in [3.8, 4) is 0 Å². The van der Waals surface area contributed by atoms with Gasteiger partial charge in [-0.15, -0.1) is 0 Å². The first-order chi connectivity index (χ1) is 14.9. The molecule has 1 amide bonds. The molecule has 2 atom stereocenters. The van der Waals surface area contributed by atoms with Gasteiger partial charge in [0, 0.05) is 6.54 Å². The van der Waals surface area contributed by atoms with Crippen LogP contribution in [-0.4, -0.2) is 35.0 Å². The first-order valence-corrected chi connectivity index (χ1v) is 11.2. The third-order valence-corrected chi connectivity index (χ3v) is 7.40.